The third-order valence-electron chi connectivity index (χ3n) is 3.51. The van der Waals surface area contributed by atoms with Crippen molar-refractivity contribution in [3.63, 3.8) is 0 Å². The minimum atomic E-state index is -0.159. The first-order valence-electron chi connectivity index (χ1n) is 8.28. The molecule has 1 aromatic carbocycles. The summed E-state index contributed by atoms with van der Waals surface area (Å²) in [6.45, 7) is -0.0866. The van der Waals surface area contributed by atoms with Gasteiger partial charge in [-0.3, -0.25) is 0 Å². The summed E-state index contributed by atoms with van der Waals surface area (Å²) in [4.78, 5) is 18.2. The first-order chi connectivity index (χ1) is 13.7. The molecule has 0 radical (unpaired) electrons. The minimum Gasteiger partial charge on any atom is -0.493 e. The topological polar surface area (TPSA) is 122 Å². The van der Waals surface area contributed by atoms with E-state index >= 15 is 0 Å². The number of nitriles is 1. The second kappa shape index (κ2) is 9.16. The fourth-order valence-corrected chi connectivity index (χ4v) is 2.27. The van der Waals surface area contributed by atoms with Gasteiger partial charge >= 0.3 is 0 Å². The Labute approximate surface area is 161 Å². The Morgan fingerprint density at radius 1 is 1.14 bits per heavy atom. The summed E-state index contributed by atoms with van der Waals surface area (Å²) in [6.07, 6.45) is 1.50. The molecule has 0 saturated heterocycles. The summed E-state index contributed by atoms with van der Waals surface area (Å²) < 4.78 is 10.7. The van der Waals surface area contributed by atoms with Crippen LogP contribution in [0.5, 0.6) is 17.4 Å². The van der Waals surface area contributed by atoms with Crippen molar-refractivity contribution in [1.82, 2.24) is 15.0 Å². The van der Waals surface area contributed by atoms with E-state index in [0.717, 1.165) is 0 Å². The van der Waals surface area contributed by atoms with Crippen LogP contribution in [0.25, 0.3) is 11.4 Å². The number of aliphatic hydroxyl groups is 1. The predicted octanol–water partition coefficient (Wildman–Crippen LogP) is 2.20. The molecule has 0 spiro atoms. The summed E-state index contributed by atoms with van der Waals surface area (Å²) in [6, 6.07) is 13.9. The normalized spacial score (nSPS) is 10.0. The second-order valence-electron chi connectivity index (χ2n) is 5.38. The highest BCUT2D eigenvalue weighted by atomic mass is 16.7. The second-order valence-corrected chi connectivity index (χ2v) is 5.38. The largest absolute Gasteiger partial charge is 0.493 e. The fourth-order valence-electron chi connectivity index (χ4n) is 2.27. The Hall–Kier alpha value is -3.90. The molecule has 3 rings (SSSR count). The highest BCUT2D eigenvalue weighted by molar-refractivity contribution is 5.59. The van der Waals surface area contributed by atoms with Gasteiger partial charge in [-0.2, -0.15) is 10.2 Å². The van der Waals surface area contributed by atoms with Crippen LogP contribution in [0, 0.1) is 11.3 Å². The molecule has 0 amide bonds. The molecular formula is C19H17N5O4. The molecule has 2 heterocycles. The Bertz CT molecular complexity index is 990. The monoisotopic (exact) mass is 379 g/mol. The number of aromatic nitrogens is 3. The van der Waals surface area contributed by atoms with Crippen molar-refractivity contribution in [3.8, 4) is 34.8 Å². The molecule has 9 nitrogen and oxygen atoms in total. The molecule has 0 fully saturated rings. The van der Waals surface area contributed by atoms with Gasteiger partial charge in [0.1, 0.15) is 18.4 Å². The highest BCUT2D eigenvalue weighted by Gasteiger charge is 2.11. The van der Waals surface area contributed by atoms with Gasteiger partial charge in [-0.15, -0.1) is 0 Å². The Morgan fingerprint density at radius 3 is 2.71 bits per heavy atom. The molecule has 0 aliphatic carbocycles. The molecule has 2 N–H and O–H groups in total. The van der Waals surface area contributed by atoms with Crippen LogP contribution < -0.4 is 19.8 Å². The lowest BCUT2D eigenvalue weighted by atomic mass is 10.2. The van der Waals surface area contributed by atoms with E-state index in [4.69, 9.17) is 24.7 Å². The molecule has 2 aromatic heterocycles. The number of nitrogens with zero attached hydrogens (tertiary/aromatic N) is 4. The van der Waals surface area contributed by atoms with E-state index in [1.54, 1.807) is 37.4 Å². The zero-order chi connectivity index (χ0) is 19.8. The number of aliphatic hydroxyl groups excluding tert-OH is 1. The molecule has 9 heteroatoms. The number of anilines is 1. The van der Waals surface area contributed by atoms with Gasteiger partial charge in [0.25, 0.3) is 0 Å². The molecule has 0 aliphatic heterocycles. The van der Waals surface area contributed by atoms with Crippen LogP contribution >= 0.6 is 0 Å². The summed E-state index contributed by atoms with van der Waals surface area (Å²) in [7, 11) is 1.54. The van der Waals surface area contributed by atoms with Crippen molar-refractivity contribution in [2.75, 3.05) is 25.8 Å². The van der Waals surface area contributed by atoms with E-state index in [1.165, 1.54) is 12.3 Å². The van der Waals surface area contributed by atoms with Crippen LogP contribution in [-0.4, -0.2) is 40.4 Å². The van der Waals surface area contributed by atoms with Crippen molar-refractivity contribution < 1.29 is 19.4 Å². The van der Waals surface area contributed by atoms with E-state index in [2.05, 4.69) is 20.4 Å². The number of ether oxygens (including phenoxy) is 2. The van der Waals surface area contributed by atoms with Gasteiger partial charge in [0.15, 0.2) is 23.1 Å². The van der Waals surface area contributed by atoms with Crippen LogP contribution in [0.4, 0.5) is 5.82 Å². The maximum atomic E-state index is 9.04. The number of pyridine rings is 1. The average Bonchev–Trinajstić information content (AvgIpc) is 2.76. The first-order valence-corrected chi connectivity index (χ1v) is 8.28. The van der Waals surface area contributed by atoms with Crippen LogP contribution in [0.3, 0.4) is 0 Å². The number of rotatable bonds is 8. The van der Waals surface area contributed by atoms with Crippen molar-refractivity contribution in [3.05, 3.63) is 54.4 Å². The van der Waals surface area contributed by atoms with Gasteiger partial charge in [0.05, 0.1) is 13.7 Å². The Morgan fingerprint density at radius 2 is 1.96 bits per heavy atom. The van der Waals surface area contributed by atoms with E-state index in [-0.39, 0.29) is 24.8 Å². The fraction of sp³-hybridized carbons (Fsp3) is 0.158. The van der Waals surface area contributed by atoms with Gasteiger partial charge < -0.3 is 19.4 Å². The SMILES string of the molecule is COc1ccccc1ONc1cc(OCCO)nc(-c2ccnc(C#N)c2)n1. The number of nitrogens with one attached hydrogen (secondary N) is 1. The summed E-state index contributed by atoms with van der Waals surface area (Å²) in [5, 5.41) is 18.0. The molecule has 0 bridgehead atoms. The number of hydrogen-bond acceptors (Lipinski definition) is 9. The van der Waals surface area contributed by atoms with Gasteiger partial charge in [-0.1, -0.05) is 12.1 Å². The number of methoxy groups -OCH3 is 1. The van der Waals surface area contributed by atoms with Crippen molar-refractivity contribution in [2.24, 2.45) is 0 Å². The van der Waals surface area contributed by atoms with Crippen molar-refractivity contribution >= 4 is 5.82 Å². The van der Waals surface area contributed by atoms with E-state index < -0.39 is 0 Å². The molecule has 0 atom stereocenters. The maximum Gasteiger partial charge on any atom is 0.219 e. The molecule has 3 aromatic rings. The smallest absolute Gasteiger partial charge is 0.219 e. The van der Waals surface area contributed by atoms with E-state index in [0.29, 0.717) is 28.7 Å². The molecule has 0 unspecified atom stereocenters. The highest BCUT2D eigenvalue weighted by Crippen LogP contribution is 2.27. The van der Waals surface area contributed by atoms with Crippen molar-refractivity contribution in [2.45, 2.75) is 0 Å². The lowest BCUT2D eigenvalue weighted by Crippen LogP contribution is -2.10. The summed E-state index contributed by atoms with van der Waals surface area (Å²) in [5.41, 5.74) is 3.56. The van der Waals surface area contributed by atoms with Gasteiger partial charge in [-0.25, -0.2) is 15.4 Å². The number of para-hydroxylation sites is 2. The minimum absolute atomic E-state index is 0.0725. The van der Waals surface area contributed by atoms with Gasteiger partial charge in [-0.05, 0) is 24.3 Å². The van der Waals surface area contributed by atoms with Crippen LogP contribution in [0.15, 0.2) is 48.7 Å². The lowest BCUT2D eigenvalue weighted by molar-refractivity contribution is 0.196. The van der Waals surface area contributed by atoms with Crippen molar-refractivity contribution in [1.29, 1.82) is 5.26 Å². The van der Waals surface area contributed by atoms with Crippen LogP contribution in [0.2, 0.25) is 0 Å². The number of hydrogen-bond donors (Lipinski definition) is 2. The predicted molar refractivity (Wildman–Crippen MR) is 99.8 cm³/mol. The van der Waals surface area contributed by atoms with Crippen LogP contribution in [-0.2, 0) is 0 Å². The van der Waals surface area contributed by atoms with Gasteiger partial charge in [0, 0.05) is 17.8 Å². The summed E-state index contributed by atoms with van der Waals surface area (Å²) in [5.74, 6) is 1.88. The standard InChI is InChI=1S/C19H17N5O4/c1-26-15-4-2-3-5-16(15)28-24-17-11-18(27-9-8-25)23-19(22-17)13-6-7-21-14(10-13)12-20/h2-7,10-11,25H,8-9H2,1H3,(H,22,23,24). The first kappa shape index (κ1) is 18.9. The Kier molecular flexibility index (Phi) is 6.17. The zero-order valence-corrected chi connectivity index (χ0v) is 15.0. The number of benzene rings is 1. The van der Waals surface area contributed by atoms with Gasteiger partial charge in [0.2, 0.25) is 5.88 Å². The Balaban J connectivity index is 1.90. The summed E-state index contributed by atoms with van der Waals surface area (Å²) >= 11 is 0. The van der Waals surface area contributed by atoms with Crippen LogP contribution in [0.1, 0.15) is 5.69 Å². The zero-order valence-electron chi connectivity index (χ0n) is 15.0. The third-order valence-corrected chi connectivity index (χ3v) is 3.51. The lowest BCUT2D eigenvalue weighted by Gasteiger charge is -2.13. The molecule has 0 aliphatic rings. The van der Waals surface area contributed by atoms with E-state index in [1.807, 2.05) is 12.1 Å². The molecule has 28 heavy (non-hydrogen) atoms. The third kappa shape index (κ3) is 4.63. The van der Waals surface area contributed by atoms with E-state index in [9.17, 15) is 0 Å². The molecular weight excluding hydrogens is 362 g/mol. The maximum absolute atomic E-state index is 9.04. The molecule has 142 valence electrons. The quantitative estimate of drug-likeness (QED) is 0.567. The average molecular weight is 379 g/mol. The molecule has 0 saturated carbocycles.